The number of hydrogen-bond donors (Lipinski definition) is 0. The minimum atomic E-state index is -0.651. The second-order valence-electron chi connectivity index (χ2n) is 4.62. The first-order chi connectivity index (χ1) is 10.1. The number of carbonyl (C=O) groups excluding carboxylic acids is 2. The van der Waals surface area contributed by atoms with Gasteiger partial charge in [0.25, 0.3) is 0 Å². The molecule has 0 unspecified atom stereocenters. The maximum absolute atomic E-state index is 12.3. The molecule has 0 N–H and O–H groups in total. The highest BCUT2D eigenvalue weighted by molar-refractivity contribution is 6.30. The average molecular weight is 303 g/mol. The quantitative estimate of drug-likeness (QED) is 0.622. The molecular weight excluding hydrogens is 288 g/mol. The Balaban J connectivity index is 2.26. The van der Waals surface area contributed by atoms with Gasteiger partial charge in [-0.3, -0.25) is 9.59 Å². The van der Waals surface area contributed by atoms with Crippen LogP contribution in [0, 0.1) is 0 Å². The highest BCUT2D eigenvalue weighted by atomic mass is 35.5. The molecule has 0 amide bonds. The summed E-state index contributed by atoms with van der Waals surface area (Å²) in [5, 5.41) is 0.522. The molecule has 0 aliphatic rings. The fraction of sp³-hybridized carbons (Fsp3) is 0.176. The summed E-state index contributed by atoms with van der Waals surface area (Å²) in [5.41, 5.74) is 1.26. The monoisotopic (exact) mass is 302 g/mol. The minimum absolute atomic E-state index is 0.0526. The molecule has 0 fully saturated rings. The lowest BCUT2D eigenvalue weighted by Gasteiger charge is -2.14. The van der Waals surface area contributed by atoms with E-state index in [1.165, 1.54) is 7.11 Å². The number of rotatable bonds is 5. The molecule has 21 heavy (non-hydrogen) atoms. The number of esters is 1. The number of hydrogen-bond acceptors (Lipinski definition) is 3. The topological polar surface area (TPSA) is 43.4 Å². The second-order valence-corrected chi connectivity index (χ2v) is 5.06. The number of carbonyl (C=O) groups is 2. The van der Waals surface area contributed by atoms with Crippen LogP contribution in [0.1, 0.15) is 28.3 Å². The van der Waals surface area contributed by atoms with E-state index in [4.69, 9.17) is 16.3 Å². The fourth-order valence-corrected chi connectivity index (χ4v) is 2.33. The van der Waals surface area contributed by atoms with Gasteiger partial charge in [0.2, 0.25) is 0 Å². The van der Waals surface area contributed by atoms with Gasteiger partial charge < -0.3 is 4.74 Å². The zero-order chi connectivity index (χ0) is 15.2. The lowest BCUT2D eigenvalue weighted by Crippen LogP contribution is -2.18. The molecule has 1 atom stereocenters. The zero-order valence-corrected chi connectivity index (χ0v) is 12.3. The van der Waals surface area contributed by atoms with Gasteiger partial charge in [0.05, 0.1) is 13.0 Å². The van der Waals surface area contributed by atoms with Crippen molar-refractivity contribution in [3.8, 4) is 0 Å². The molecule has 0 saturated carbocycles. The van der Waals surface area contributed by atoms with Crippen molar-refractivity contribution >= 4 is 23.4 Å². The van der Waals surface area contributed by atoms with Gasteiger partial charge in [-0.2, -0.15) is 0 Å². The summed E-state index contributed by atoms with van der Waals surface area (Å²) in [5.74, 6) is -1.20. The van der Waals surface area contributed by atoms with Gasteiger partial charge in [-0.1, -0.05) is 54.1 Å². The van der Waals surface area contributed by atoms with Crippen LogP contribution >= 0.6 is 11.6 Å². The van der Waals surface area contributed by atoms with Crippen molar-refractivity contribution in [3.63, 3.8) is 0 Å². The molecule has 4 heteroatoms. The first-order valence-corrected chi connectivity index (χ1v) is 6.91. The SMILES string of the molecule is COC(=O)[C@H](CC(=O)c1ccccc1)c1cccc(Cl)c1. The van der Waals surface area contributed by atoms with Crippen LogP contribution in [0.5, 0.6) is 0 Å². The number of ketones is 1. The molecule has 0 aromatic heterocycles. The summed E-state index contributed by atoms with van der Waals surface area (Å²) in [6.07, 6.45) is 0.0526. The highest BCUT2D eigenvalue weighted by Gasteiger charge is 2.25. The molecule has 2 rings (SSSR count). The van der Waals surface area contributed by atoms with Crippen LogP contribution < -0.4 is 0 Å². The van der Waals surface area contributed by atoms with Gasteiger partial charge in [0, 0.05) is 17.0 Å². The van der Waals surface area contributed by atoms with Crippen LogP contribution in [0.2, 0.25) is 5.02 Å². The minimum Gasteiger partial charge on any atom is -0.469 e. The average Bonchev–Trinajstić information content (AvgIpc) is 2.52. The molecular formula is C17H15ClO3. The summed E-state index contributed by atoms with van der Waals surface area (Å²) in [6, 6.07) is 15.8. The molecule has 2 aromatic carbocycles. The third-order valence-electron chi connectivity index (χ3n) is 3.22. The normalized spacial score (nSPS) is 11.7. The Morgan fingerprint density at radius 2 is 1.81 bits per heavy atom. The summed E-state index contributed by atoms with van der Waals surface area (Å²) in [6.45, 7) is 0. The van der Waals surface area contributed by atoms with Crippen molar-refractivity contribution in [2.45, 2.75) is 12.3 Å². The molecule has 0 saturated heterocycles. The van der Waals surface area contributed by atoms with E-state index in [1.54, 1.807) is 48.5 Å². The maximum atomic E-state index is 12.3. The van der Waals surface area contributed by atoms with E-state index in [0.717, 1.165) is 0 Å². The first kappa shape index (κ1) is 15.3. The third-order valence-corrected chi connectivity index (χ3v) is 3.46. The molecule has 0 heterocycles. The Bertz CT molecular complexity index is 637. The summed E-state index contributed by atoms with van der Waals surface area (Å²) in [4.78, 5) is 24.3. The molecule has 0 radical (unpaired) electrons. The summed E-state index contributed by atoms with van der Waals surface area (Å²) in [7, 11) is 1.31. The predicted molar refractivity (Wildman–Crippen MR) is 81.6 cm³/mol. The van der Waals surface area contributed by atoms with Crippen molar-refractivity contribution < 1.29 is 14.3 Å². The Labute approximate surface area is 128 Å². The van der Waals surface area contributed by atoms with Crippen LogP contribution in [0.25, 0.3) is 0 Å². The number of benzene rings is 2. The zero-order valence-electron chi connectivity index (χ0n) is 11.6. The largest absolute Gasteiger partial charge is 0.469 e. The van der Waals surface area contributed by atoms with Crippen molar-refractivity contribution in [2.75, 3.05) is 7.11 Å². The lowest BCUT2D eigenvalue weighted by molar-refractivity contribution is -0.142. The van der Waals surface area contributed by atoms with E-state index in [-0.39, 0.29) is 12.2 Å². The molecule has 108 valence electrons. The van der Waals surface area contributed by atoms with Gasteiger partial charge in [0.15, 0.2) is 5.78 Å². The maximum Gasteiger partial charge on any atom is 0.313 e. The Morgan fingerprint density at radius 3 is 2.43 bits per heavy atom. The van der Waals surface area contributed by atoms with Gasteiger partial charge in [-0.15, -0.1) is 0 Å². The standard InChI is InChI=1S/C17H15ClO3/c1-21-17(20)15(13-8-5-9-14(18)10-13)11-16(19)12-6-3-2-4-7-12/h2-10,15H,11H2,1H3/t15-/m1/s1. The molecule has 0 spiro atoms. The molecule has 2 aromatic rings. The Hall–Kier alpha value is -2.13. The number of ether oxygens (including phenoxy) is 1. The van der Waals surface area contributed by atoms with Crippen molar-refractivity contribution in [3.05, 3.63) is 70.7 Å². The van der Waals surface area contributed by atoms with Gasteiger partial charge in [0.1, 0.15) is 0 Å². The van der Waals surface area contributed by atoms with Crippen molar-refractivity contribution in [1.29, 1.82) is 0 Å². The van der Waals surface area contributed by atoms with Crippen LogP contribution in [-0.4, -0.2) is 18.9 Å². The highest BCUT2D eigenvalue weighted by Crippen LogP contribution is 2.25. The van der Waals surface area contributed by atoms with E-state index in [2.05, 4.69) is 0 Å². The van der Waals surface area contributed by atoms with Crippen LogP contribution in [0.4, 0.5) is 0 Å². The second kappa shape index (κ2) is 7.04. The third kappa shape index (κ3) is 3.92. The fourth-order valence-electron chi connectivity index (χ4n) is 2.13. The van der Waals surface area contributed by atoms with E-state index in [0.29, 0.717) is 16.1 Å². The van der Waals surface area contributed by atoms with E-state index in [9.17, 15) is 9.59 Å². The van der Waals surface area contributed by atoms with Crippen LogP contribution in [0.15, 0.2) is 54.6 Å². The molecule has 0 bridgehead atoms. The van der Waals surface area contributed by atoms with Gasteiger partial charge >= 0.3 is 5.97 Å². The van der Waals surface area contributed by atoms with Crippen LogP contribution in [-0.2, 0) is 9.53 Å². The lowest BCUT2D eigenvalue weighted by atomic mass is 9.91. The van der Waals surface area contributed by atoms with E-state index in [1.807, 2.05) is 6.07 Å². The Morgan fingerprint density at radius 1 is 1.10 bits per heavy atom. The van der Waals surface area contributed by atoms with Gasteiger partial charge in [-0.25, -0.2) is 0 Å². The number of Topliss-reactive ketones (excluding diaryl/α,β-unsaturated/α-hetero) is 1. The summed E-state index contributed by atoms with van der Waals surface area (Å²) < 4.78 is 4.81. The molecule has 0 aliphatic heterocycles. The summed E-state index contributed by atoms with van der Waals surface area (Å²) >= 11 is 5.95. The van der Waals surface area contributed by atoms with Crippen LogP contribution in [0.3, 0.4) is 0 Å². The number of methoxy groups -OCH3 is 1. The molecule has 0 aliphatic carbocycles. The smallest absolute Gasteiger partial charge is 0.313 e. The van der Waals surface area contributed by atoms with Crippen molar-refractivity contribution in [1.82, 2.24) is 0 Å². The van der Waals surface area contributed by atoms with Gasteiger partial charge in [-0.05, 0) is 17.7 Å². The van der Waals surface area contributed by atoms with E-state index < -0.39 is 11.9 Å². The predicted octanol–water partition coefficient (Wildman–Crippen LogP) is 3.87. The molecule has 3 nitrogen and oxygen atoms in total. The first-order valence-electron chi connectivity index (χ1n) is 6.53. The Kier molecular flexibility index (Phi) is 5.12. The van der Waals surface area contributed by atoms with E-state index >= 15 is 0 Å². The van der Waals surface area contributed by atoms with Crippen molar-refractivity contribution in [2.24, 2.45) is 0 Å². The number of halogens is 1.